The first-order valence-corrected chi connectivity index (χ1v) is 6.88. The van der Waals surface area contributed by atoms with Gasteiger partial charge in [0, 0.05) is 31.4 Å². The minimum Gasteiger partial charge on any atom is -0.336 e. The van der Waals surface area contributed by atoms with Gasteiger partial charge < -0.3 is 10.2 Å². The van der Waals surface area contributed by atoms with Gasteiger partial charge in [0.2, 0.25) is 0 Å². The van der Waals surface area contributed by atoms with Gasteiger partial charge in [-0.05, 0) is 34.6 Å². The monoisotopic (exact) mass is 264 g/mol. The molecule has 0 aliphatic carbocycles. The van der Waals surface area contributed by atoms with Crippen molar-refractivity contribution < 1.29 is 4.79 Å². The topological polar surface area (TPSA) is 50.2 Å². The van der Waals surface area contributed by atoms with Crippen LogP contribution in [-0.4, -0.2) is 46.3 Å². The molecule has 5 heteroatoms. The number of nitrogens with zero attached hydrogens (tertiary/aromatic N) is 3. The molecular weight excluding hydrogens is 240 g/mol. The molecule has 1 amide bonds. The average molecular weight is 264 g/mol. The van der Waals surface area contributed by atoms with Crippen LogP contribution in [0.15, 0.2) is 6.20 Å². The Morgan fingerprint density at radius 2 is 2.16 bits per heavy atom. The van der Waals surface area contributed by atoms with Crippen LogP contribution < -0.4 is 5.32 Å². The third-order valence-electron chi connectivity index (χ3n) is 3.53. The number of rotatable bonds is 1. The lowest BCUT2D eigenvalue weighted by atomic mass is 10.1. The first-order valence-electron chi connectivity index (χ1n) is 6.88. The molecule has 0 aromatic carbocycles. The Kier molecular flexibility index (Phi) is 3.67. The van der Waals surface area contributed by atoms with E-state index in [0.717, 1.165) is 30.9 Å². The molecule has 1 aliphatic heterocycles. The standard InChI is InChI=1S/C14H24N4O/c1-10-9-17(7-6-15-10)13(19)12-8-16-18(11(12)2)14(3,4)5/h8,10,15H,6-7,9H2,1-5H3. The first-order chi connectivity index (χ1) is 8.80. The number of hydrogen-bond acceptors (Lipinski definition) is 3. The predicted molar refractivity (Wildman–Crippen MR) is 75.3 cm³/mol. The Bertz CT molecular complexity index is 472. The summed E-state index contributed by atoms with van der Waals surface area (Å²) < 4.78 is 1.92. The number of piperazine rings is 1. The van der Waals surface area contributed by atoms with E-state index in [9.17, 15) is 4.79 Å². The number of nitrogens with one attached hydrogen (secondary N) is 1. The van der Waals surface area contributed by atoms with Crippen LogP contribution in [0.1, 0.15) is 43.7 Å². The summed E-state index contributed by atoms with van der Waals surface area (Å²) in [6, 6.07) is 0.357. The minimum absolute atomic E-state index is 0.0979. The molecule has 1 aromatic rings. The molecule has 2 rings (SSSR count). The second-order valence-electron chi connectivity index (χ2n) is 6.33. The molecule has 1 unspecified atom stereocenters. The van der Waals surface area contributed by atoms with E-state index in [1.54, 1.807) is 6.20 Å². The Labute approximate surface area is 115 Å². The van der Waals surface area contributed by atoms with Gasteiger partial charge in [-0.1, -0.05) is 0 Å². The average Bonchev–Trinajstić information content (AvgIpc) is 2.70. The second-order valence-corrected chi connectivity index (χ2v) is 6.33. The van der Waals surface area contributed by atoms with Gasteiger partial charge in [0.15, 0.2) is 0 Å². The molecule has 1 atom stereocenters. The summed E-state index contributed by atoms with van der Waals surface area (Å²) in [5.41, 5.74) is 1.58. The van der Waals surface area contributed by atoms with Crippen LogP contribution in [0.3, 0.4) is 0 Å². The summed E-state index contributed by atoms with van der Waals surface area (Å²) in [7, 11) is 0. The highest BCUT2D eigenvalue weighted by atomic mass is 16.2. The largest absolute Gasteiger partial charge is 0.336 e. The third-order valence-corrected chi connectivity index (χ3v) is 3.53. The van der Waals surface area contributed by atoms with Crippen molar-refractivity contribution in [1.29, 1.82) is 0 Å². The third kappa shape index (κ3) is 2.81. The Balaban J connectivity index is 2.22. The molecule has 1 aromatic heterocycles. The molecule has 0 spiro atoms. The lowest BCUT2D eigenvalue weighted by Crippen LogP contribution is -2.51. The summed E-state index contributed by atoms with van der Waals surface area (Å²) in [6.45, 7) is 12.7. The number of amides is 1. The van der Waals surface area contributed by atoms with E-state index in [-0.39, 0.29) is 11.4 Å². The highest BCUT2D eigenvalue weighted by Gasteiger charge is 2.26. The maximum atomic E-state index is 12.6. The fraction of sp³-hybridized carbons (Fsp3) is 0.714. The van der Waals surface area contributed by atoms with Crippen molar-refractivity contribution in [1.82, 2.24) is 20.0 Å². The van der Waals surface area contributed by atoms with Gasteiger partial charge in [-0.25, -0.2) is 0 Å². The van der Waals surface area contributed by atoms with Gasteiger partial charge in [0.25, 0.3) is 5.91 Å². The highest BCUT2D eigenvalue weighted by molar-refractivity contribution is 5.95. The van der Waals surface area contributed by atoms with Crippen molar-refractivity contribution in [3.05, 3.63) is 17.5 Å². The molecular formula is C14H24N4O. The second kappa shape index (κ2) is 4.96. The molecule has 1 saturated heterocycles. The van der Waals surface area contributed by atoms with Crippen molar-refractivity contribution in [3.8, 4) is 0 Å². The molecule has 19 heavy (non-hydrogen) atoms. The van der Waals surface area contributed by atoms with Crippen LogP contribution in [0, 0.1) is 6.92 Å². The molecule has 0 radical (unpaired) electrons. The zero-order chi connectivity index (χ0) is 14.2. The van der Waals surface area contributed by atoms with Crippen molar-refractivity contribution >= 4 is 5.91 Å². The van der Waals surface area contributed by atoms with E-state index in [4.69, 9.17) is 0 Å². The summed E-state index contributed by atoms with van der Waals surface area (Å²) in [4.78, 5) is 14.5. The summed E-state index contributed by atoms with van der Waals surface area (Å²) in [5, 5.41) is 7.72. The molecule has 106 valence electrons. The van der Waals surface area contributed by atoms with Crippen LogP contribution >= 0.6 is 0 Å². The maximum Gasteiger partial charge on any atom is 0.257 e. The Morgan fingerprint density at radius 3 is 2.68 bits per heavy atom. The van der Waals surface area contributed by atoms with Crippen LogP contribution in [-0.2, 0) is 5.54 Å². The minimum atomic E-state index is -0.0979. The lowest BCUT2D eigenvalue weighted by Gasteiger charge is -2.32. The quantitative estimate of drug-likeness (QED) is 0.833. The molecule has 1 aliphatic rings. The number of aromatic nitrogens is 2. The number of carbonyl (C=O) groups excluding carboxylic acids is 1. The highest BCUT2D eigenvalue weighted by Crippen LogP contribution is 2.19. The molecule has 1 fully saturated rings. The van der Waals surface area contributed by atoms with Gasteiger partial charge in [0.1, 0.15) is 0 Å². The summed E-state index contributed by atoms with van der Waals surface area (Å²) >= 11 is 0. The van der Waals surface area contributed by atoms with Crippen LogP contribution in [0.4, 0.5) is 0 Å². The fourth-order valence-electron chi connectivity index (χ4n) is 2.58. The van der Waals surface area contributed by atoms with Crippen LogP contribution in [0.5, 0.6) is 0 Å². The maximum absolute atomic E-state index is 12.6. The number of hydrogen-bond donors (Lipinski definition) is 1. The van der Waals surface area contributed by atoms with E-state index < -0.39 is 0 Å². The van der Waals surface area contributed by atoms with Crippen molar-refractivity contribution in [3.63, 3.8) is 0 Å². The zero-order valence-corrected chi connectivity index (χ0v) is 12.5. The van der Waals surface area contributed by atoms with Gasteiger partial charge in [-0.3, -0.25) is 9.48 Å². The smallest absolute Gasteiger partial charge is 0.257 e. The van der Waals surface area contributed by atoms with Gasteiger partial charge in [-0.15, -0.1) is 0 Å². The molecule has 2 heterocycles. The van der Waals surface area contributed by atoms with Gasteiger partial charge in [0.05, 0.1) is 17.3 Å². The molecule has 1 N–H and O–H groups in total. The Morgan fingerprint density at radius 1 is 1.47 bits per heavy atom. The van der Waals surface area contributed by atoms with E-state index in [2.05, 4.69) is 38.1 Å². The van der Waals surface area contributed by atoms with E-state index >= 15 is 0 Å². The van der Waals surface area contributed by atoms with E-state index in [0.29, 0.717) is 6.04 Å². The molecule has 0 saturated carbocycles. The van der Waals surface area contributed by atoms with E-state index in [1.165, 1.54) is 0 Å². The molecule has 5 nitrogen and oxygen atoms in total. The van der Waals surface area contributed by atoms with Gasteiger partial charge >= 0.3 is 0 Å². The summed E-state index contributed by atoms with van der Waals surface area (Å²) in [5.74, 6) is 0.0985. The predicted octanol–water partition coefficient (Wildman–Crippen LogP) is 1.38. The molecule has 0 bridgehead atoms. The lowest BCUT2D eigenvalue weighted by molar-refractivity contribution is 0.0708. The van der Waals surface area contributed by atoms with Crippen LogP contribution in [0.25, 0.3) is 0 Å². The van der Waals surface area contributed by atoms with Gasteiger partial charge in [-0.2, -0.15) is 5.10 Å². The fourth-order valence-corrected chi connectivity index (χ4v) is 2.58. The number of carbonyl (C=O) groups is 1. The van der Waals surface area contributed by atoms with Crippen molar-refractivity contribution in [2.75, 3.05) is 19.6 Å². The zero-order valence-electron chi connectivity index (χ0n) is 12.5. The van der Waals surface area contributed by atoms with Crippen LogP contribution in [0.2, 0.25) is 0 Å². The van der Waals surface area contributed by atoms with Crippen molar-refractivity contribution in [2.24, 2.45) is 0 Å². The first kappa shape index (κ1) is 14.1. The normalized spacial score (nSPS) is 20.7. The Hall–Kier alpha value is -1.36. The van der Waals surface area contributed by atoms with Crippen molar-refractivity contribution in [2.45, 2.75) is 46.2 Å². The van der Waals surface area contributed by atoms with E-state index in [1.807, 2.05) is 16.5 Å². The summed E-state index contributed by atoms with van der Waals surface area (Å²) in [6.07, 6.45) is 1.70. The SMILES string of the molecule is Cc1c(C(=O)N2CCNC(C)C2)cnn1C(C)(C)C.